The molecule has 1 atom stereocenters. The highest BCUT2D eigenvalue weighted by Gasteiger charge is 2.21. The van der Waals surface area contributed by atoms with Gasteiger partial charge in [0.1, 0.15) is 0 Å². The molecule has 0 aromatic heterocycles. The molecule has 1 unspecified atom stereocenters. The summed E-state index contributed by atoms with van der Waals surface area (Å²) in [7, 11) is 0. The standard InChI is InChI=1S/C15H22O/c1-4-6-11-15(3,16)14-10-7-9-13(12-14)8-5-2/h4,7,9-10,12,16H,1,5-6,8,11H2,2-3H3. The van der Waals surface area contributed by atoms with Crippen LogP contribution in [0.2, 0.25) is 0 Å². The minimum absolute atomic E-state index is 0.728. The first-order valence-corrected chi connectivity index (χ1v) is 6.03. The smallest absolute Gasteiger partial charge is 0.0871 e. The number of allylic oxidation sites excluding steroid dienone is 1. The van der Waals surface area contributed by atoms with Crippen molar-refractivity contribution >= 4 is 0 Å². The number of aryl methyl sites for hydroxylation is 1. The Balaban J connectivity index is 2.84. The Kier molecular flexibility index (Phi) is 4.75. The summed E-state index contributed by atoms with van der Waals surface area (Å²) >= 11 is 0. The topological polar surface area (TPSA) is 20.2 Å². The maximum Gasteiger partial charge on any atom is 0.0871 e. The molecule has 1 aromatic rings. The fourth-order valence-corrected chi connectivity index (χ4v) is 1.88. The van der Waals surface area contributed by atoms with E-state index in [1.165, 1.54) is 5.56 Å². The molecule has 0 saturated carbocycles. The lowest BCUT2D eigenvalue weighted by Gasteiger charge is -2.23. The molecule has 0 fully saturated rings. The van der Waals surface area contributed by atoms with Gasteiger partial charge in [0.05, 0.1) is 5.60 Å². The Labute approximate surface area is 98.8 Å². The maximum atomic E-state index is 10.4. The van der Waals surface area contributed by atoms with Crippen LogP contribution in [0.25, 0.3) is 0 Å². The maximum absolute atomic E-state index is 10.4. The van der Waals surface area contributed by atoms with Crippen LogP contribution in [-0.4, -0.2) is 5.11 Å². The van der Waals surface area contributed by atoms with Crippen molar-refractivity contribution in [3.05, 3.63) is 48.0 Å². The van der Waals surface area contributed by atoms with Crippen molar-refractivity contribution in [3.8, 4) is 0 Å². The molecule has 0 spiro atoms. The third-order valence-electron chi connectivity index (χ3n) is 2.92. The third kappa shape index (κ3) is 3.49. The van der Waals surface area contributed by atoms with E-state index in [0.717, 1.165) is 31.2 Å². The quantitative estimate of drug-likeness (QED) is 0.720. The number of aliphatic hydroxyl groups is 1. The molecule has 0 radical (unpaired) electrons. The van der Waals surface area contributed by atoms with Crippen molar-refractivity contribution in [2.24, 2.45) is 0 Å². The second kappa shape index (κ2) is 5.86. The second-order valence-electron chi connectivity index (χ2n) is 4.55. The van der Waals surface area contributed by atoms with Gasteiger partial charge in [-0.2, -0.15) is 0 Å². The van der Waals surface area contributed by atoms with Crippen LogP contribution in [0.5, 0.6) is 0 Å². The van der Waals surface area contributed by atoms with Crippen LogP contribution in [0.1, 0.15) is 44.2 Å². The van der Waals surface area contributed by atoms with E-state index >= 15 is 0 Å². The van der Waals surface area contributed by atoms with Gasteiger partial charge in [0.15, 0.2) is 0 Å². The molecule has 0 bridgehead atoms. The van der Waals surface area contributed by atoms with Crippen molar-refractivity contribution < 1.29 is 5.11 Å². The van der Waals surface area contributed by atoms with Crippen LogP contribution in [0.3, 0.4) is 0 Å². The van der Waals surface area contributed by atoms with Crippen LogP contribution in [0, 0.1) is 0 Å². The molecule has 16 heavy (non-hydrogen) atoms. The SMILES string of the molecule is C=CCCC(C)(O)c1cccc(CCC)c1. The normalized spacial score (nSPS) is 14.4. The predicted molar refractivity (Wildman–Crippen MR) is 69.4 cm³/mol. The molecule has 0 heterocycles. The molecule has 0 aliphatic heterocycles. The van der Waals surface area contributed by atoms with Gasteiger partial charge in [0, 0.05) is 0 Å². The Morgan fingerprint density at radius 1 is 1.44 bits per heavy atom. The molecular formula is C15H22O. The van der Waals surface area contributed by atoms with E-state index in [0.29, 0.717) is 0 Å². The Morgan fingerprint density at radius 3 is 2.81 bits per heavy atom. The Bertz CT molecular complexity index is 339. The van der Waals surface area contributed by atoms with Crippen LogP contribution in [0.4, 0.5) is 0 Å². The first kappa shape index (κ1) is 13.0. The zero-order chi connectivity index (χ0) is 12.0. The van der Waals surface area contributed by atoms with Gasteiger partial charge in [-0.1, -0.05) is 43.7 Å². The number of hydrogen-bond acceptors (Lipinski definition) is 1. The molecule has 1 rings (SSSR count). The highest BCUT2D eigenvalue weighted by molar-refractivity contribution is 5.28. The van der Waals surface area contributed by atoms with Gasteiger partial charge in [0.25, 0.3) is 0 Å². The fourth-order valence-electron chi connectivity index (χ4n) is 1.88. The van der Waals surface area contributed by atoms with E-state index in [9.17, 15) is 5.11 Å². The molecule has 1 aromatic carbocycles. The highest BCUT2D eigenvalue weighted by atomic mass is 16.3. The van der Waals surface area contributed by atoms with Crippen LogP contribution >= 0.6 is 0 Å². The number of rotatable bonds is 6. The summed E-state index contributed by atoms with van der Waals surface area (Å²) in [5.41, 5.74) is 1.58. The van der Waals surface area contributed by atoms with E-state index in [4.69, 9.17) is 0 Å². The van der Waals surface area contributed by atoms with Gasteiger partial charge in [-0.3, -0.25) is 0 Å². The Morgan fingerprint density at radius 2 is 2.19 bits per heavy atom. The summed E-state index contributed by atoms with van der Waals surface area (Å²) in [5, 5.41) is 10.4. The minimum atomic E-state index is -0.738. The van der Waals surface area contributed by atoms with Crippen LogP contribution < -0.4 is 0 Å². The number of hydrogen-bond donors (Lipinski definition) is 1. The lowest BCUT2D eigenvalue weighted by atomic mass is 9.89. The molecule has 88 valence electrons. The third-order valence-corrected chi connectivity index (χ3v) is 2.92. The molecule has 0 amide bonds. The average molecular weight is 218 g/mol. The number of benzene rings is 1. The molecule has 0 aliphatic rings. The minimum Gasteiger partial charge on any atom is -0.385 e. The molecule has 1 heteroatoms. The van der Waals surface area contributed by atoms with E-state index in [-0.39, 0.29) is 0 Å². The zero-order valence-electron chi connectivity index (χ0n) is 10.4. The summed E-state index contributed by atoms with van der Waals surface area (Å²) in [6, 6.07) is 8.27. The van der Waals surface area contributed by atoms with Gasteiger partial charge in [-0.15, -0.1) is 6.58 Å². The zero-order valence-corrected chi connectivity index (χ0v) is 10.4. The lowest BCUT2D eigenvalue weighted by Crippen LogP contribution is -2.20. The van der Waals surface area contributed by atoms with E-state index in [2.05, 4.69) is 25.6 Å². The van der Waals surface area contributed by atoms with E-state index in [1.54, 1.807) is 0 Å². The van der Waals surface area contributed by atoms with Crippen molar-refractivity contribution in [1.82, 2.24) is 0 Å². The van der Waals surface area contributed by atoms with Gasteiger partial charge in [-0.05, 0) is 37.3 Å². The Hall–Kier alpha value is -1.08. The lowest BCUT2D eigenvalue weighted by molar-refractivity contribution is 0.0487. The fraction of sp³-hybridized carbons (Fsp3) is 0.467. The van der Waals surface area contributed by atoms with Gasteiger partial charge in [0.2, 0.25) is 0 Å². The summed E-state index contributed by atoms with van der Waals surface area (Å²) in [4.78, 5) is 0. The van der Waals surface area contributed by atoms with E-state index in [1.807, 2.05) is 25.1 Å². The summed E-state index contributed by atoms with van der Waals surface area (Å²) in [5.74, 6) is 0. The first-order chi connectivity index (χ1) is 7.60. The average Bonchev–Trinajstić information content (AvgIpc) is 2.27. The van der Waals surface area contributed by atoms with Gasteiger partial charge >= 0.3 is 0 Å². The van der Waals surface area contributed by atoms with Gasteiger partial charge in [-0.25, -0.2) is 0 Å². The first-order valence-electron chi connectivity index (χ1n) is 6.03. The second-order valence-corrected chi connectivity index (χ2v) is 4.55. The predicted octanol–water partition coefficient (Wildman–Crippen LogP) is 3.81. The largest absolute Gasteiger partial charge is 0.385 e. The van der Waals surface area contributed by atoms with Crippen LogP contribution in [-0.2, 0) is 12.0 Å². The summed E-state index contributed by atoms with van der Waals surface area (Å²) in [6.45, 7) is 7.74. The van der Waals surface area contributed by atoms with Crippen LogP contribution in [0.15, 0.2) is 36.9 Å². The van der Waals surface area contributed by atoms with Crippen molar-refractivity contribution in [1.29, 1.82) is 0 Å². The summed E-state index contributed by atoms with van der Waals surface area (Å²) in [6.07, 6.45) is 5.63. The van der Waals surface area contributed by atoms with Gasteiger partial charge < -0.3 is 5.11 Å². The molecule has 0 aliphatic carbocycles. The van der Waals surface area contributed by atoms with Crippen molar-refractivity contribution in [2.45, 2.75) is 45.1 Å². The molecule has 1 N–H and O–H groups in total. The molecular weight excluding hydrogens is 196 g/mol. The van der Waals surface area contributed by atoms with E-state index < -0.39 is 5.60 Å². The summed E-state index contributed by atoms with van der Waals surface area (Å²) < 4.78 is 0. The highest BCUT2D eigenvalue weighted by Crippen LogP contribution is 2.26. The molecule has 1 nitrogen and oxygen atoms in total. The van der Waals surface area contributed by atoms with Crippen molar-refractivity contribution in [3.63, 3.8) is 0 Å². The van der Waals surface area contributed by atoms with Crippen molar-refractivity contribution in [2.75, 3.05) is 0 Å². The molecule has 0 saturated heterocycles. The monoisotopic (exact) mass is 218 g/mol.